The Kier molecular flexibility index (Phi) is 4.09. The van der Waals surface area contributed by atoms with Crippen molar-refractivity contribution in [3.05, 3.63) is 52.5 Å². The average Bonchev–Trinajstić information content (AvgIpc) is 3.36. The van der Waals surface area contributed by atoms with E-state index in [1.165, 1.54) is 23.4 Å². The van der Waals surface area contributed by atoms with Crippen LogP contribution in [0.3, 0.4) is 0 Å². The largest absolute Gasteiger partial charge is 0.334 e. The zero-order valence-corrected chi connectivity index (χ0v) is 15.8. The van der Waals surface area contributed by atoms with Crippen molar-refractivity contribution in [2.45, 2.75) is 38.3 Å². The van der Waals surface area contributed by atoms with E-state index in [0.717, 1.165) is 44.9 Å². The maximum Gasteiger partial charge on any atom is 0.231 e. The number of amides is 1. The Morgan fingerprint density at radius 2 is 1.92 bits per heavy atom. The molecule has 5 rings (SSSR count). The molecule has 3 aliphatic rings. The van der Waals surface area contributed by atoms with Crippen molar-refractivity contribution >= 4 is 17.2 Å². The van der Waals surface area contributed by atoms with Gasteiger partial charge >= 0.3 is 0 Å². The summed E-state index contributed by atoms with van der Waals surface area (Å²) < 4.78 is 0. The maximum absolute atomic E-state index is 13.2. The van der Waals surface area contributed by atoms with Crippen molar-refractivity contribution in [1.29, 1.82) is 0 Å². The highest BCUT2D eigenvalue weighted by atomic mass is 32.1. The molecule has 4 nitrogen and oxygen atoms in total. The summed E-state index contributed by atoms with van der Waals surface area (Å²) >= 11 is 1.72. The molecule has 1 saturated carbocycles. The van der Waals surface area contributed by atoms with E-state index >= 15 is 0 Å². The monoisotopic (exact) mass is 367 g/mol. The van der Waals surface area contributed by atoms with Gasteiger partial charge in [0.2, 0.25) is 5.91 Å². The minimum Gasteiger partial charge on any atom is -0.334 e. The number of thiazole rings is 1. The first-order valence-electron chi connectivity index (χ1n) is 9.73. The normalized spacial score (nSPS) is 25.5. The number of nitrogens with zero attached hydrogens (tertiary/aromatic N) is 3. The molecule has 1 atom stereocenters. The number of β-lactam (4-membered cyclic amide) rings is 1. The standard InChI is InChI=1S/C21H25N3OS/c25-20-21(8-11-23(12-9-21)15-18-22-10-13-26-18)19(17-4-2-1-3-5-17)24(20)14-16-6-7-16/h1-5,10,13,16,19H,6-9,11-12,14-15H2/t19-/m0/s1. The van der Waals surface area contributed by atoms with Crippen molar-refractivity contribution in [1.82, 2.24) is 14.8 Å². The summed E-state index contributed by atoms with van der Waals surface area (Å²) in [6.45, 7) is 3.87. The van der Waals surface area contributed by atoms with Gasteiger partial charge < -0.3 is 4.90 Å². The van der Waals surface area contributed by atoms with Crippen LogP contribution in [0.4, 0.5) is 0 Å². The van der Waals surface area contributed by atoms with Gasteiger partial charge in [0, 0.05) is 18.1 Å². The van der Waals surface area contributed by atoms with E-state index in [0.29, 0.717) is 5.91 Å². The SMILES string of the molecule is O=C1N(CC2CC2)[C@@H](c2ccccc2)C12CCN(Cc1nccs1)CC2. The average molecular weight is 368 g/mol. The summed E-state index contributed by atoms with van der Waals surface area (Å²) in [6, 6.07) is 11.0. The van der Waals surface area contributed by atoms with Gasteiger partial charge in [-0.2, -0.15) is 0 Å². The predicted octanol–water partition coefficient (Wildman–Crippen LogP) is 3.72. The number of likely N-dealkylation sites (tertiary alicyclic amines) is 2. The van der Waals surface area contributed by atoms with E-state index in [1.54, 1.807) is 11.3 Å². The molecule has 5 heteroatoms. The second kappa shape index (κ2) is 6.46. The van der Waals surface area contributed by atoms with E-state index in [-0.39, 0.29) is 11.5 Å². The lowest BCUT2D eigenvalue weighted by atomic mass is 9.62. The fraction of sp³-hybridized carbons (Fsp3) is 0.524. The molecule has 136 valence electrons. The second-order valence-electron chi connectivity index (χ2n) is 8.07. The third kappa shape index (κ3) is 2.78. The number of aromatic nitrogens is 1. The quantitative estimate of drug-likeness (QED) is 0.756. The van der Waals surface area contributed by atoms with Gasteiger partial charge in [0.05, 0.1) is 18.0 Å². The van der Waals surface area contributed by atoms with Crippen LogP contribution in [0.5, 0.6) is 0 Å². The van der Waals surface area contributed by atoms with E-state index in [4.69, 9.17) is 0 Å². The van der Waals surface area contributed by atoms with Gasteiger partial charge in [-0.3, -0.25) is 9.69 Å². The number of hydrogen-bond donors (Lipinski definition) is 0. The Morgan fingerprint density at radius 3 is 2.58 bits per heavy atom. The topological polar surface area (TPSA) is 36.4 Å². The Balaban J connectivity index is 1.34. The fourth-order valence-electron chi connectivity index (χ4n) is 4.77. The zero-order valence-electron chi connectivity index (χ0n) is 15.0. The van der Waals surface area contributed by atoms with Gasteiger partial charge in [0.15, 0.2) is 0 Å². The first kappa shape index (κ1) is 16.5. The highest BCUT2D eigenvalue weighted by Crippen LogP contribution is 2.57. The van der Waals surface area contributed by atoms with E-state index < -0.39 is 0 Å². The molecule has 0 bridgehead atoms. The number of piperidine rings is 1. The maximum atomic E-state index is 13.2. The predicted molar refractivity (Wildman–Crippen MR) is 103 cm³/mol. The summed E-state index contributed by atoms with van der Waals surface area (Å²) in [5.74, 6) is 1.15. The highest BCUT2D eigenvalue weighted by molar-refractivity contribution is 7.09. The second-order valence-corrected chi connectivity index (χ2v) is 9.05. The van der Waals surface area contributed by atoms with Crippen LogP contribution < -0.4 is 0 Å². The van der Waals surface area contributed by atoms with Gasteiger partial charge in [0.1, 0.15) is 5.01 Å². The van der Waals surface area contributed by atoms with Crippen LogP contribution in [0.15, 0.2) is 41.9 Å². The van der Waals surface area contributed by atoms with Crippen molar-refractivity contribution < 1.29 is 4.79 Å². The molecule has 1 amide bonds. The minimum absolute atomic E-state index is 0.171. The summed E-state index contributed by atoms with van der Waals surface area (Å²) in [6.07, 6.45) is 6.40. The van der Waals surface area contributed by atoms with Crippen LogP contribution in [0.1, 0.15) is 42.3 Å². The number of hydrogen-bond acceptors (Lipinski definition) is 4. The van der Waals surface area contributed by atoms with Crippen molar-refractivity contribution in [3.8, 4) is 0 Å². The van der Waals surface area contributed by atoms with Crippen LogP contribution >= 0.6 is 11.3 Å². The lowest BCUT2D eigenvalue weighted by Gasteiger charge is -2.59. The van der Waals surface area contributed by atoms with Crippen LogP contribution in [-0.2, 0) is 11.3 Å². The molecule has 1 aliphatic carbocycles. The molecule has 1 aromatic carbocycles. The molecule has 1 spiro atoms. The Bertz CT molecular complexity index is 764. The smallest absolute Gasteiger partial charge is 0.231 e. The third-order valence-electron chi connectivity index (χ3n) is 6.38. The third-order valence-corrected chi connectivity index (χ3v) is 7.14. The number of rotatable bonds is 5. The van der Waals surface area contributed by atoms with Gasteiger partial charge in [-0.15, -0.1) is 11.3 Å². The number of carbonyl (C=O) groups excluding carboxylic acids is 1. The fourth-order valence-corrected chi connectivity index (χ4v) is 5.43. The molecule has 3 fully saturated rings. The number of benzene rings is 1. The van der Waals surface area contributed by atoms with Gasteiger partial charge in [-0.25, -0.2) is 4.98 Å². The van der Waals surface area contributed by atoms with Crippen LogP contribution in [0.25, 0.3) is 0 Å². The van der Waals surface area contributed by atoms with Crippen LogP contribution in [0.2, 0.25) is 0 Å². The molecule has 0 N–H and O–H groups in total. The summed E-state index contributed by atoms with van der Waals surface area (Å²) in [5, 5.41) is 3.22. The molecule has 0 unspecified atom stereocenters. The molecule has 0 radical (unpaired) electrons. The Labute approximate surface area is 158 Å². The minimum atomic E-state index is -0.171. The lowest BCUT2D eigenvalue weighted by Crippen LogP contribution is -2.66. The summed E-state index contributed by atoms with van der Waals surface area (Å²) in [5.41, 5.74) is 1.15. The Morgan fingerprint density at radius 1 is 1.15 bits per heavy atom. The molecule has 2 aliphatic heterocycles. The molecule has 3 heterocycles. The molecule has 2 aromatic rings. The molecular weight excluding hydrogens is 342 g/mol. The zero-order chi connectivity index (χ0) is 17.6. The molecule has 2 saturated heterocycles. The summed E-state index contributed by atoms with van der Waals surface area (Å²) in [7, 11) is 0. The summed E-state index contributed by atoms with van der Waals surface area (Å²) in [4.78, 5) is 22.3. The van der Waals surface area contributed by atoms with Gasteiger partial charge in [-0.05, 0) is 50.3 Å². The van der Waals surface area contributed by atoms with E-state index in [9.17, 15) is 4.79 Å². The molecule has 26 heavy (non-hydrogen) atoms. The van der Waals surface area contributed by atoms with Crippen molar-refractivity contribution in [2.75, 3.05) is 19.6 Å². The van der Waals surface area contributed by atoms with E-state index in [2.05, 4.69) is 45.1 Å². The molecular formula is C21H25N3OS. The van der Waals surface area contributed by atoms with Crippen LogP contribution in [0, 0.1) is 11.3 Å². The number of carbonyl (C=O) groups is 1. The van der Waals surface area contributed by atoms with Crippen molar-refractivity contribution in [2.24, 2.45) is 11.3 Å². The first-order chi connectivity index (χ1) is 12.8. The highest BCUT2D eigenvalue weighted by Gasteiger charge is 2.61. The molecule has 1 aromatic heterocycles. The van der Waals surface area contributed by atoms with E-state index in [1.807, 2.05) is 11.6 Å². The van der Waals surface area contributed by atoms with Gasteiger partial charge in [-0.1, -0.05) is 30.3 Å². The Hall–Kier alpha value is -1.72. The van der Waals surface area contributed by atoms with Crippen LogP contribution in [-0.4, -0.2) is 40.3 Å². The van der Waals surface area contributed by atoms with Gasteiger partial charge in [0.25, 0.3) is 0 Å². The first-order valence-corrected chi connectivity index (χ1v) is 10.6. The lowest BCUT2D eigenvalue weighted by molar-refractivity contribution is -0.181. The van der Waals surface area contributed by atoms with Crippen molar-refractivity contribution in [3.63, 3.8) is 0 Å².